The Labute approximate surface area is 46.5 Å². The minimum absolute atomic E-state index is 0.0265. The number of halogens is 1. The lowest BCUT2D eigenvalue weighted by molar-refractivity contribution is -0.296. The first-order valence-corrected chi connectivity index (χ1v) is 2.08. The topological polar surface area (TPSA) is 55.1 Å². The summed E-state index contributed by atoms with van der Waals surface area (Å²) in [6, 6.07) is 0. The zero-order valence-corrected chi connectivity index (χ0v) is 4.26. The van der Waals surface area contributed by atoms with Crippen molar-refractivity contribution in [2.75, 3.05) is 13.2 Å². The average molecular weight is 120 g/mol. The molecule has 0 atom stereocenters. The predicted octanol–water partition coefficient (Wildman–Crippen LogP) is 0.161. The van der Waals surface area contributed by atoms with Crippen LogP contribution in [-0.4, -0.2) is 13.2 Å². The molecule has 0 aliphatic heterocycles. The fraction of sp³-hybridized carbons (Fsp3) is 0.500. The van der Waals surface area contributed by atoms with E-state index in [1.165, 1.54) is 0 Å². The van der Waals surface area contributed by atoms with E-state index in [0.717, 1.165) is 0 Å². The molecule has 0 unspecified atom stereocenters. The first-order chi connectivity index (χ1) is 3.85. The standard InChI is InChI=1S/C4H7FNO2/c5-1-4(2-6)3-8-7/h1H,2-3,6H2/b4-1+. The summed E-state index contributed by atoms with van der Waals surface area (Å²) >= 11 is 0. The third-order valence-corrected chi connectivity index (χ3v) is 0.661. The van der Waals surface area contributed by atoms with Gasteiger partial charge in [-0.1, -0.05) is 0 Å². The Hall–Kier alpha value is -0.450. The third-order valence-electron chi connectivity index (χ3n) is 0.661. The Bertz CT molecular complexity index is 84.1. The van der Waals surface area contributed by atoms with Crippen molar-refractivity contribution in [2.45, 2.75) is 0 Å². The maximum Gasteiger partial charge on any atom is 0.110 e. The van der Waals surface area contributed by atoms with Crippen LogP contribution in [0.1, 0.15) is 0 Å². The molecule has 1 radical (unpaired) electrons. The van der Waals surface area contributed by atoms with Gasteiger partial charge in [0, 0.05) is 12.1 Å². The highest BCUT2D eigenvalue weighted by Gasteiger charge is 1.92. The van der Waals surface area contributed by atoms with Crippen molar-refractivity contribution in [3.63, 3.8) is 0 Å². The van der Waals surface area contributed by atoms with Crippen LogP contribution in [0.4, 0.5) is 4.39 Å². The molecule has 47 valence electrons. The van der Waals surface area contributed by atoms with Crippen molar-refractivity contribution >= 4 is 0 Å². The Kier molecular flexibility index (Phi) is 4.44. The van der Waals surface area contributed by atoms with Crippen molar-refractivity contribution < 1.29 is 14.5 Å². The van der Waals surface area contributed by atoms with Crippen LogP contribution in [0.5, 0.6) is 0 Å². The SMILES string of the molecule is NC/C(=C\F)CO[O]. The number of rotatable bonds is 3. The summed E-state index contributed by atoms with van der Waals surface area (Å²) in [7, 11) is 0. The molecule has 0 saturated carbocycles. The monoisotopic (exact) mass is 120 g/mol. The minimum atomic E-state index is -0.271. The molecule has 0 rings (SSSR count). The second kappa shape index (κ2) is 4.70. The van der Waals surface area contributed by atoms with Gasteiger partial charge in [0.25, 0.3) is 0 Å². The van der Waals surface area contributed by atoms with Crippen LogP contribution < -0.4 is 5.73 Å². The Morgan fingerprint density at radius 3 is 2.62 bits per heavy atom. The van der Waals surface area contributed by atoms with Gasteiger partial charge >= 0.3 is 0 Å². The molecule has 0 heterocycles. The van der Waals surface area contributed by atoms with E-state index in [2.05, 4.69) is 4.89 Å². The summed E-state index contributed by atoms with van der Waals surface area (Å²) < 4.78 is 11.4. The third kappa shape index (κ3) is 2.68. The number of hydrogen-bond donors (Lipinski definition) is 1. The maximum absolute atomic E-state index is 11.4. The molecule has 0 aromatic heterocycles. The molecular formula is C4H7FNO2. The number of hydrogen-bond acceptors (Lipinski definition) is 2. The van der Waals surface area contributed by atoms with Gasteiger partial charge in [-0.3, -0.25) is 0 Å². The van der Waals surface area contributed by atoms with Crippen molar-refractivity contribution in [1.29, 1.82) is 0 Å². The average Bonchev–Trinajstić information content (AvgIpc) is 1.83. The van der Waals surface area contributed by atoms with Gasteiger partial charge in [0.2, 0.25) is 0 Å². The normalized spacial score (nSPS) is 12.1. The van der Waals surface area contributed by atoms with Crippen LogP contribution in [0.2, 0.25) is 0 Å². The molecule has 0 bridgehead atoms. The van der Waals surface area contributed by atoms with Gasteiger partial charge in [0.05, 0.1) is 6.33 Å². The van der Waals surface area contributed by atoms with E-state index >= 15 is 0 Å². The van der Waals surface area contributed by atoms with Crippen LogP contribution in [0.15, 0.2) is 11.9 Å². The second-order valence-electron chi connectivity index (χ2n) is 1.23. The lowest BCUT2D eigenvalue weighted by atomic mass is 10.3. The molecular weight excluding hydrogens is 113 g/mol. The van der Waals surface area contributed by atoms with E-state index in [-0.39, 0.29) is 25.1 Å². The Morgan fingerprint density at radius 1 is 1.88 bits per heavy atom. The maximum atomic E-state index is 11.4. The van der Waals surface area contributed by atoms with Crippen LogP contribution in [0, 0.1) is 0 Å². The summed E-state index contributed by atoms with van der Waals surface area (Å²) in [6.07, 6.45) is 0.276. The van der Waals surface area contributed by atoms with Gasteiger partial charge in [-0.25, -0.2) is 4.39 Å². The van der Waals surface area contributed by atoms with E-state index in [9.17, 15) is 9.65 Å². The van der Waals surface area contributed by atoms with E-state index < -0.39 is 0 Å². The molecule has 0 spiro atoms. The van der Waals surface area contributed by atoms with Crippen LogP contribution in [0.25, 0.3) is 0 Å². The molecule has 0 aliphatic carbocycles. The van der Waals surface area contributed by atoms with Crippen molar-refractivity contribution in [2.24, 2.45) is 5.73 Å². The van der Waals surface area contributed by atoms with Gasteiger partial charge in [0.1, 0.15) is 6.61 Å². The summed E-state index contributed by atoms with van der Waals surface area (Å²) in [5.74, 6) is 0. The largest absolute Gasteiger partial charge is 0.327 e. The van der Waals surface area contributed by atoms with Crippen LogP contribution >= 0.6 is 0 Å². The highest BCUT2D eigenvalue weighted by atomic mass is 19.1. The van der Waals surface area contributed by atoms with E-state index in [4.69, 9.17) is 5.73 Å². The molecule has 3 nitrogen and oxygen atoms in total. The van der Waals surface area contributed by atoms with E-state index in [0.29, 0.717) is 0 Å². The zero-order valence-electron chi connectivity index (χ0n) is 4.26. The summed E-state index contributed by atoms with van der Waals surface area (Å²) in [6.45, 7) is -0.244. The molecule has 0 aromatic carbocycles. The van der Waals surface area contributed by atoms with Crippen LogP contribution in [-0.2, 0) is 10.1 Å². The zero-order chi connectivity index (χ0) is 6.41. The molecule has 0 aromatic rings. The quantitative estimate of drug-likeness (QED) is 0.426. The van der Waals surface area contributed by atoms with Gasteiger partial charge < -0.3 is 5.73 Å². The Balaban J connectivity index is 3.38. The molecule has 0 fully saturated rings. The molecule has 8 heavy (non-hydrogen) atoms. The fourth-order valence-corrected chi connectivity index (χ4v) is 0.211. The lowest BCUT2D eigenvalue weighted by Crippen LogP contribution is -2.06. The van der Waals surface area contributed by atoms with Crippen molar-refractivity contribution in [3.8, 4) is 0 Å². The van der Waals surface area contributed by atoms with E-state index in [1.54, 1.807) is 0 Å². The smallest absolute Gasteiger partial charge is 0.110 e. The van der Waals surface area contributed by atoms with Gasteiger partial charge in [0.15, 0.2) is 0 Å². The first-order valence-electron chi connectivity index (χ1n) is 2.08. The molecule has 0 aliphatic rings. The Morgan fingerprint density at radius 2 is 2.50 bits per heavy atom. The minimum Gasteiger partial charge on any atom is -0.327 e. The van der Waals surface area contributed by atoms with Crippen LogP contribution in [0.3, 0.4) is 0 Å². The highest BCUT2D eigenvalue weighted by Crippen LogP contribution is 1.90. The lowest BCUT2D eigenvalue weighted by Gasteiger charge is -1.93. The second-order valence-corrected chi connectivity index (χ2v) is 1.23. The molecule has 0 saturated heterocycles. The molecule has 4 heteroatoms. The predicted molar refractivity (Wildman–Crippen MR) is 24.9 cm³/mol. The first kappa shape index (κ1) is 7.55. The molecule has 0 amide bonds. The fourth-order valence-electron chi connectivity index (χ4n) is 0.211. The highest BCUT2D eigenvalue weighted by molar-refractivity contribution is 4.98. The van der Waals surface area contributed by atoms with Gasteiger partial charge in [-0.15, -0.1) is 0 Å². The van der Waals surface area contributed by atoms with Crippen molar-refractivity contribution in [3.05, 3.63) is 11.9 Å². The number of nitrogens with two attached hydrogens (primary N) is 1. The van der Waals surface area contributed by atoms with Gasteiger partial charge in [-0.2, -0.15) is 4.89 Å². The summed E-state index contributed by atoms with van der Waals surface area (Å²) in [5, 5.41) is 9.30. The van der Waals surface area contributed by atoms with Gasteiger partial charge in [-0.05, 0) is 5.26 Å². The summed E-state index contributed by atoms with van der Waals surface area (Å²) in [5.41, 5.74) is 5.11. The summed E-state index contributed by atoms with van der Waals surface area (Å²) in [4.78, 5) is 3.35. The molecule has 2 N–H and O–H groups in total. The van der Waals surface area contributed by atoms with E-state index in [1.807, 2.05) is 0 Å². The van der Waals surface area contributed by atoms with Crippen molar-refractivity contribution in [1.82, 2.24) is 0 Å².